The van der Waals surface area contributed by atoms with E-state index in [1.54, 1.807) is 0 Å². The maximum Gasteiger partial charge on any atom is 0.243 e. The minimum absolute atomic E-state index is 0.0304. The van der Waals surface area contributed by atoms with Gasteiger partial charge in [0.05, 0.1) is 9.92 Å². The van der Waals surface area contributed by atoms with E-state index >= 15 is 0 Å². The average Bonchev–Trinajstić information content (AvgIpc) is 2.58. The van der Waals surface area contributed by atoms with E-state index < -0.39 is 15.8 Å². The van der Waals surface area contributed by atoms with Gasteiger partial charge in [0.25, 0.3) is 0 Å². The molecule has 1 aromatic rings. The Kier molecular flexibility index (Phi) is 5.35. The lowest BCUT2D eigenvalue weighted by Crippen LogP contribution is -2.40. The summed E-state index contributed by atoms with van der Waals surface area (Å²) in [5, 5.41) is 0.666. The molecule has 1 heterocycles. The van der Waals surface area contributed by atoms with E-state index in [0.29, 0.717) is 19.0 Å². The predicted octanol–water partition coefficient (Wildman–Crippen LogP) is 4.58. The fourth-order valence-electron chi connectivity index (χ4n) is 3.28. The highest BCUT2D eigenvalue weighted by Gasteiger charge is 2.33. The van der Waals surface area contributed by atoms with Gasteiger partial charge >= 0.3 is 0 Å². The van der Waals surface area contributed by atoms with E-state index in [2.05, 4.69) is 12.2 Å². The van der Waals surface area contributed by atoms with Crippen LogP contribution in [0.2, 0.25) is 5.02 Å². The molecule has 0 saturated carbocycles. The molecule has 3 rings (SSSR count). The summed E-state index contributed by atoms with van der Waals surface area (Å²) in [5.41, 5.74) is 0. The van der Waals surface area contributed by atoms with Crippen LogP contribution in [-0.4, -0.2) is 25.8 Å². The van der Waals surface area contributed by atoms with Crippen molar-refractivity contribution in [3.63, 3.8) is 0 Å². The second kappa shape index (κ2) is 7.16. The molecule has 1 aliphatic heterocycles. The summed E-state index contributed by atoms with van der Waals surface area (Å²) in [4.78, 5) is 0.0304. The van der Waals surface area contributed by atoms with Gasteiger partial charge in [-0.05, 0) is 43.4 Å². The second-order valence-corrected chi connectivity index (χ2v) is 8.88. The number of halogens is 3. The molecule has 0 radical (unpaired) electrons. The molecule has 0 aromatic heterocycles. The van der Waals surface area contributed by atoms with E-state index in [9.17, 15) is 12.8 Å². The molecule has 1 saturated heterocycles. The van der Waals surface area contributed by atoms with Crippen LogP contribution in [0.5, 0.6) is 0 Å². The smallest absolute Gasteiger partial charge is 0.207 e. The van der Waals surface area contributed by atoms with Crippen molar-refractivity contribution in [2.75, 3.05) is 13.1 Å². The zero-order valence-corrected chi connectivity index (χ0v) is 15.3. The van der Waals surface area contributed by atoms with Gasteiger partial charge in [0, 0.05) is 24.0 Å². The van der Waals surface area contributed by atoms with Crippen molar-refractivity contribution in [2.45, 2.75) is 24.2 Å². The van der Waals surface area contributed by atoms with Gasteiger partial charge in [-0.25, -0.2) is 12.8 Å². The van der Waals surface area contributed by atoms with Crippen molar-refractivity contribution < 1.29 is 12.8 Å². The molecule has 0 spiro atoms. The number of rotatable bonds is 3. The maximum atomic E-state index is 13.3. The number of nitrogens with zero attached hydrogens (tertiary/aromatic N) is 1. The van der Waals surface area contributed by atoms with Crippen LogP contribution in [0.1, 0.15) is 19.3 Å². The third-order valence-electron chi connectivity index (χ3n) is 4.65. The molecular weight excluding hydrogens is 372 g/mol. The van der Waals surface area contributed by atoms with Gasteiger partial charge in [-0.2, -0.15) is 4.31 Å². The van der Waals surface area contributed by atoms with Gasteiger partial charge in [-0.15, -0.1) is 0 Å². The summed E-state index contributed by atoms with van der Waals surface area (Å²) in [6.45, 7) is 0.854. The van der Waals surface area contributed by atoms with Crippen molar-refractivity contribution in [3.05, 3.63) is 52.3 Å². The van der Waals surface area contributed by atoms with Crippen LogP contribution in [-0.2, 0) is 10.0 Å². The summed E-state index contributed by atoms with van der Waals surface area (Å²) < 4.78 is 40.1. The largest absolute Gasteiger partial charge is 0.243 e. The monoisotopic (exact) mass is 389 g/mol. The Morgan fingerprint density at radius 1 is 1.17 bits per heavy atom. The number of hydrogen-bond acceptors (Lipinski definition) is 2. The summed E-state index contributed by atoms with van der Waals surface area (Å²) in [5.74, 6) is -0.0982. The first-order valence-electron chi connectivity index (χ1n) is 7.87. The van der Waals surface area contributed by atoms with Gasteiger partial charge < -0.3 is 0 Å². The zero-order chi connectivity index (χ0) is 17.3. The van der Waals surface area contributed by atoms with Crippen molar-refractivity contribution in [2.24, 2.45) is 11.8 Å². The Labute approximate surface area is 151 Å². The van der Waals surface area contributed by atoms with E-state index in [-0.39, 0.29) is 15.8 Å². The highest BCUT2D eigenvalue weighted by atomic mass is 35.5. The predicted molar refractivity (Wildman–Crippen MR) is 94.1 cm³/mol. The molecule has 1 aromatic carbocycles. The van der Waals surface area contributed by atoms with Gasteiger partial charge in [0.15, 0.2) is 0 Å². The summed E-state index contributed by atoms with van der Waals surface area (Å²) in [6.07, 6.45) is 8.57. The topological polar surface area (TPSA) is 37.4 Å². The van der Waals surface area contributed by atoms with Gasteiger partial charge in [0.2, 0.25) is 10.0 Å². The van der Waals surface area contributed by atoms with E-state index in [1.165, 1.54) is 16.4 Å². The lowest BCUT2D eigenvalue weighted by molar-refractivity contribution is 0.248. The van der Waals surface area contributed by atoms with Crippen LogP contribution in [0.3, 0.4) is 0 Å². The number of hydrogen-bond donors (Lipinski definition) is 0. The molecule has 1 fully saturated rings. The number of benzene rings is 1. The molecule has 130 valence electrons. The lowest BCUT2D eigenvalue weighted by atomic mass is 9.82. The Bertz CT molecular complexity index is 784. The SMILES string of the molecule is O=S(=O)(c1ccc(F)c(Cl)c1)N1CCC(C2C=CCC=C2Cl)CC1. The minimum Gasteiger partial charge on any atom is -0.207 e. The summed E-state index contributed by atoms with van der Waals surface area (Å²) >= 11 is 12.0. The highest BCUT2D eigenvalue weighted by Crippen LogP contribution is 2.36. The van der Waals surface area contributed by atoms with Gasteiger partial charge in [-0.3, -0.25) is 0 Å². The molecule has 1 aliphatic carbocycles. The number of sulfonamides is 1. The third kappa shape index (κ3) is 3.54. The molecule has 1 unspecified atom stereocenters. The van der Waals surface area contributed by atoms with Crippen LogP contribution in [0.4, 0.5) is 4.39 Å². The molecule has 1 atom stereocenters. The minimum atomic E-state index is -3.65. The molecule has 0 N–H and O–H groups in total. The molecule has 7 heteroatoms. The normalized spacial score (nSPS) is 23.3. The summed E-state index contributed by atoms with van der Waals surface area (Å²) in [6, 6.07) is 3.51. The van der Waals surface area contributed by atoms with Crippen molar-refractivity contribution in [1.29, 1.82) is 0 Å². The molecule has 0 bridgehead atoms. The third-order valence-corrected chi connectivity index (χ3v) is 7.24. The first-order valence-corrected chi connectivity index (χ1v) is 10.1. The Morgan fingerprint density at radius 2 is 1.88 bits per heavy atom. The fourth-order valence-corrected chi connectivity index (χ4v) is 5.36. The molecule has 24 heavy (non-hydrogen) atoms. The van der Waals surface area contributed by atoms with Crippen LogP contribution in [0.15, 0.2) is 46.4 Å². The summed E-state index contributed by atoms with van der Waals surface area (Å²) in [7, 11) is -3.65. The van der Waals surface area contributed by atoms with Crippen molar-refractivity contribution in [1.82, 2.24) is 4.31 Å². The zero-order valence-electron chi connectivity index (χ0n) is 13.0. The van der Waals surface area contributed by atoms with Gasteiger partial charge in [0.1, 0.15) is 5.82 Å². The van der Waals surface area contributed by atoms with Crippen LogP contribution in [0.25, 0.3) is 0 Å². The standard InChI is InChI=1S/C17H18Cl2FNO2S/c18-15-4-2-1-3-14(15)12-7-9-21(10-8-12)24(22,23)13-5-6-17(20)16(19)11-13/h1,3-6,11-12,14H,2,7-10H2. The first-order chi connectivity index (χ1) is 11.4. The fraction of sp³-hybridized carbons (Fsp3) is 0.412. The van der Waals surface area contributed by atoms with Crippen LogP contribution < -0.4 is 0 Å². The molecule has 2 aliphatic rings. The average molecular weight is 390 g/mol. The molecule has 3 nitrogen and oxygen atoms in total. The quantitative estimate of drug-likeness (QED) is 0.709. The van der Waals surface area contributed by atoms with E-state index in [4.69, 9.17) is 23.2 Å². The highest BCUT2D eigenvalue weighted by molar-refractivity contribution is 7.89. The maximum absolute atomic E-state index is 13.3. The Morgan fingerprint density at radius 3 is 2.50 bits per heavy atom. The van der Waals surface area contributed by atoms with Crippen molar-refractivity contribution >= 4 is 33.2 Å². The lowest BCUT2D eigenvalue weighted by Gasteiger charge is -2.35. The molecule has 0 amide bonds. The van der Waals surface area contributed by atoms with E-state index in [1.807, 2.05) is 6.08 Å². The van der Waals surface area contributed by atoms with E-state index in [0.717, 1.165) is 30.4 Å². The van der Waals surface area contributed by atoms with Crippen LogP contribution in [0, 0.1) is 17.7 Å². The van der Waals surface area contributed by atoms with Gasteiger partial charge in [-0.1, -0.05) is 41.4 Å². The Balaban J connectivity index is 1.71. The molecular formula is C17H18Cl2FNO2S. The van der Waals surface area contributed by atoms with Crippen molar-refractivity contribution in [3.8, 4) is 0 Å². The Hall–Kier alpha value is -0.880. The van der Waals surface area contributed by atoms with Crippen LogP contribution >= 0.6 is 23.2 Å². The number of piperidine rings is 1. The second-order valence-electron chi connectivity index (χ2n) is 6.10. The first kappa shape index (κ1) is 17.9. The number of allylic oxidation sites excluding steroid dienone is 4.